The molecule has 0 bridgehead atoms. The van der Waals surface area contributed by atoms with E-state index in [0.717, 1.165) is 47.6 Å². The molecule has 1 aliphatic rings. The predicted octanol–water partition coefficient (Wildman–Crippen LogP) is 7.43. The van der Waals surface area contributed by atoms with Gasteiger partial charge < -0.3 is 9.47 Å². The third-order valence-corrected chi connectivity index (χ3v) is 6.27. The Hall–Kier alpha value is -3.25. The molecule has 35 heavy (non-hydrogen) atoms. The average Bonchev–Trinajstić information content (AvgIpc) is 3.33. The molecule has 182 valence electrons. The number of benzene rings is 2. The summed E-state index contributed by atoms with van der Waals surface area (Å²) in [6.45, 7) is 3.96. The third kappa shape index (κ3) is 5.54. The number of ether oxygens (including phenoxy) is 2. The van der Waals surface area contributed by atoms with E-state index in [-0.39, 0.29) is 24.7 Å². The van der Waals surface area contributed by atoms with Gasteiger partial charge in [-0.3, -0.25) is 4.98 Å². The topological polar surface area (TPSA) is 48.4 Å². The zero-order valence-electron chi connectivity index (χ0n) is 19.7. The van der Waals surface area contributed by atoms with Crippen LogP contribution in [0.15, 0.2) is 48.7 Å². The van der Waals surface area contributed by atoms with Gasteiger partial charge in [0.15, 0.2) is 0 Å². The molecule has 3 aromatic rings. The summed E-state index contributed by atoms with van der Waals surface area (Å²) in [6, 6.07) is 10.6. The molecule has 0 saturated carbocycles. The highest BCUT2D eigenvalue weighted by Crippen LogP contribution is 2.44. The smallest absolute Gasteiger partial charge is 0.339 e. The number of aryl methyl sites for hydroxylation is 1. The first-order chi connectivity index (χ1) is 16.9. The highest BCUT2D eigenvalue weighted by molar-refractivity contribution is 6.30. The first-order valence-corrected chi connectivity index (χ1v) is 12.0. The fraction of sp³-hybridized carbons (Fsp3) is 0.286. The van der Waals surface area contributed by atoms with Crippen LogP contribution in [0.1, 0.15) is 65.9 Å². The molecule has 4 rings (SSSR count). The molecule has 1 aromatic heterocycles. The highest BCUT2D eigenvalue weighted by Gasteiger charge is 2.23. The van der Waals surface area contributed by atoms with Gasteiger partial charge in [-0.25, -0.2) is 13.6 Å². The number of allylic oxidation sites excluding steroid dienone is 2. The molecule has 1 heterocycles. The minimum absolute atomic E-state index is 0.0525. The van der Waals surface area contributed by atoms with E-state index in [0.29, 0.717) is 28.5 Å². The van der Waals surface area contributed by atoms with Gasteiger partial charge in [0.2, 0.25) is 0 Å². The van der Waals surface area contributed by atoms with Gasteiger partial charge in [0.05, 0.1) is 17.9 Å². The van der Waals surface area contributed by atoms with E-state index in [9.17, 15) is 13.6 Å². The first-order valence-electron chi connectivity index (χ1n) is 11.7. The van der Waals surface area contributed by atoms with Crippen molar-refractivity contribution in [2.24, 2.45) is 0 Å². The predicted molar refractivity (Wildman–Crippen MR) is 132 cm³/mol. The fourth-order valence-corrected chi connectivity index (χ4v) is 4.52. The molecule has 7 heteroatoms. The molecule has 0 saturated heterocycles. The quantitative estimate of drug-likeness (QED) is 0.304. The van der Waals surface area contributed by atoms with Crippen molar-refractivity contribution in [1.82, 2.24) is 4.98 Å². The Morgan fingerprint density at radius 1 is 1.06 bits per heavy atom. The van der Waals surface area contributed by atoms with E-state index in [1.807, 2.05) is 19.1 Å². The summed E-state index contributed by atoms with van der Waals surface area (Å²) in [7, 11) is 0. The molecule has 1 aliphatic carbocycles. The number of carbonyl (C=O) groups excluding carboxylic acids is 1. The number of hydrogen-bond acceptors (Lipinski definition) is 4. The Labute approximate surface area is 208 Å². The van der Waals surface area contributed by atoms with Crippen molar-refractivity contribution in [1.29, 1.82) is 0 Å². The zero-order chi connectivity index (χ0) is 24.9. The van der Waals surface area contributed by atoms with Crippen LogP contribution in [0.3, 0.4) is 0 Å². The van der Waals surface area contributed by atoms with Gasteiger partial charge in [-0.05, 0) is 85.7 Å². The lowest BCUT2D eigenvalue weighted by Gasteiger charge is -2.16. The van der Waals surface area contributed by atoms with Crippen molar-refractivity contribution in [3.05, 3.63) is 93.3 Å². The lowest BCUT2D eigenvalue weighted by atomic mass is 9.96. The van der Waals surface area contributed by atoms with Crippen molar-refractivity contribution in [3.8, 4) is 5.75 Å². The van der Waals surface area contributed by atoms with Gasteiger partial charge in [0, 0.05) is 28.4 Å². The summed E-state index contributed by atoms with van der Waals surface area (Å²) in [5, 5.41) is 0.547. The zero-order valence-corrected chi connectivity index (χ0v) is 20.4. The lowest BCUT2D eigenvalue weighted by Crippen LogP contribution is -2.10. The van der Waals surface area contributed by atoms with Crippen molar-refractivity contribution in [2.45, 2.75) is 46.1 Å². The Bertz CT molecular complexity index is 1290. The minimum Gasteiger partial charge on any atom is -0.488 e. The molecule has 0 N–H and O–H groups in total. The Kier molecular flexibility index (Phi) is 7.81. The van der Waals surface area contributed by atoms with Crippen LogP contribution in [-0.4, -0.2) is 17.6 Å². The summed E-state index contributed by atoms with van der Waals surface area (Å²) in [6.07, 6.45) is 4.94. The van der Waals surface area contributed by atoms with Crippen LogP contribution in [0.5, 0.6) is 5.75 Å². The monoisotopic (exact) mass is 497 g/mol. The number of rotatable bonds is 8. The molecule has 0 amide bonds. The molecule has 0 unspecified atom stereocenters. The van der Waals surface area contributed by atoms with E-state index in [1.165, 1.54) is 12.1 Å². The van der Waals surface area contributed by atoms with E-state index in [2.05, 4.69) is 4.98 Å². The maximum Gasteiger partial charge on any atom is 0.339 e. The van der Waals surface area contributed by atoms with E-state index in [4.69, 9.17) is 21.1 Å². The van der Waals surface area contributed by atoms with Gasteiger partial charge in [-0.15, -0.1) is 0 Å². The Morgan fingerprint density at radius 3 is 2.60 bits per heavy atom. The molecule has 4 nitrogen and oxygen atoms in total. The van der Waals surface area contributed by atoms with Crippen LogP contribution < -0.4 is 4.74 Å². The minimum atomic E-state index is -0.658. The molecule has 0 aliphatic heterocycles. The van der Waals surface area contributed by atoms with Crippen molar-refractivity contribution < 1.29 is 23.0 Å². The maximum absolute atomic E-state index is 14.1. The summed E-state index contributed by atoms with van der Waals surface area (Å²) in [4.78, 5) is 17.1. The van der Waals surface area contributed by atoms with Crippen LogP contribution in [0.25, 0.3) is 11.1 Å². The summed E-state index contributed by atoms with van der Waals surface area (Å²) in [5.41, 5.74) is 5.19. The molecule has 0 spiro atoms. The molecular formula is C28H26ClF2NO3. The molecule has 0 atom stereocenters. The van der Waals surface area contributed by atoms with Gasteiger partial charge >= 0.3 is 5.97 Å². The number of esters is 1. The number of pyridine rings is 1. The molecule has 2 aromatic carbocycles. The second kappa shape index (κ2) is 11.0. The number of hydrogen-bond donors (Lipinski definition) is 0. The average molecular weight is 498 g/mol. The van der Waals surface area contributed by atoms with Gasteiger partial charge in [-0.2, -0.15) is 0 Å². The van der Waals surface area contributed by atoms with E-state index < -0.39 is 11.6 Å². The van der Waals surface area contributed by atoms with Crippen molar-refractivity contribution in [2.75, 3.05) is 6.61 Å². The number of nitrogens with zero attached hydrogens (tertiary/aromatic N) is 1. The van der Waals surface area contributed by atoms with Crippen LogP contribution in [0, 0.1) is 11.6 Å². The molecule has 0 radical (unpaired) electrons. The van der Waals surface area contributed by atoms with Crippen LogP contribution in [0.4, 0.5) is 8.78 Å². The van der Waals surface area contributed by atoms with Crippen molar-refractivity contribution in [3.63, 3.8) is 0 Å². The standard InChI is InChI=1S/C28H26ClF2NO3/c1-3-26-24(28(33)34-4-2)12-18(15-32-26)21-6-5-7-22(21)23-13-19(29)9-11-27(23)35-16-17-8-10-20(30)14-25(17)31/h8-15H,3-7,16H2,1-2H3. The number of aromatic nitrogens is 1. The summed E-state index contributed by atoms with van der Waals surface area (Å²) in [5.74, 6) is -1.12. The van der Waals surface area contributed by atoms with Crippen molar-refractivity contribution >= 4 is 28.7 Å². The SMILES string of the molecule is CCOC(=O)c1cc(C2=C(c3cc(Cl)ccc3OCc3ccc(F)cc3F)CCC2)cnc1CC. The lowest BCUT2D eigenvalue weighted by molar-refractivity contribution is 0.0524. The summed E-state index contributed by atoms with van der Waals surface area (Å²) < 4.78 is 38.6. The Balaban J connectivity index is 1.72. The van der Waals surface area contributed by atoms with Crippen LogP contribution in [0.2, 0.25) is 5.02 Å². The largest absolute Gasteiger partial charge is 0.488 e. The van der Waals surface area contributed by atoms with Crippen LogP contribution >= 0.6 is 11.6 Å². The maximum atomic E-state index is 14.1. The molecular weight excluding hydrogens is 472 g/mol. The van der Waals surface area contributed by atoms with Crippen LogP contribution in [-0.2, 0) is 17.8 Å². The van der Waals surface area contributed by atoms with Gasteiger partial charge in [0.1, 0.15) is 24.0 Å². The van der Waals surface area contributed by atoms with Gasteiger partial charge in [0.25, 0.3) is 0 Å². The normalized spacial score (nSPS) is 13.3. The first kappa shape index (κ1) is 24.9. The van der Waals surface area contributed by atoms with E-state index >= 15 is 0 Å². The molecule has 0 fully saturated rings. The third-order valence-electron chi connectivity index (χ3n) is 6.03. The highest BCUT2D eigenvalue weighted by atomic mass is 35.5. The second-order valence-corrected chi connectivity index (χ2v) is 8.70. The fourth-order valence-electron chi connectivity index (χ4n) is 4.34. The summed E-state index contributed by atoms with van der Waals surface area (Å²) >= 11 is 6.34. The Morgan fingerprint density at radius 2 is 1.86 bits per heavy atom. The van der Waals surface area contributed by atoms with E-state index in [1.54, 1.807) is 25.3 Å². The number of halogens is 3. The second-order valence-electron chi connectivity index (χ2n) is 8.27. The number of carbonyl (C=O) groups is 1. The van der Waals surface area contributed by atoms with Gasteiger partial charge in [-0.1, -0.05) is 18.5 Å².